The Labute approximate surface area is 158 Å². The maximum Gasteiger partial charge on any atom is 0.0716 e. The molecule has 0 unspecified atom stereocenters. The molecule has 0 saturated carbocycles. The second-order valence-corrected chi connectivity index (χ2v) is 6.22. The van der Waals surface area contributed by atoms with Gasteiger partial charge in [-0.2, -0.15) is 0 Å². The molecule has 0 saturated heterocycles. The zero-order valence-corrected chi connectivity index (χ0v) is 16.1. The van der Waals surface area contributed by atoms with Crippen LogP contribution in [0.3, 0.4) is 0 Å². The smallest absolute Gasteiger partial charge is 0.0716 e. The van der Waals surface area contributed by atoms with Crippen molar-refractivity contribution in [2.75, 3.05) is 52.9 Å². The van der Waals surface area contributed by atoms with E-state index in [1.54, 1.807) is 0 Å². The number of ether oxygens (including phenoxy) is 4. The van der Waals surface area contributed by atoms with Crippen LogP contribution in [0.25, 0.3) is 0 Å². The standard InChI is InChI=1S/C21H36O5/c22-12-6-9-14-24-17-19-25-18-16-23-13-7-1-2-8-15-26-20-21-10-4-3-5-11-21/h3-5,10-11,22H,1-2,6-9,12-20H2. The van der Waals surface area contributed by atoms with Crippen molar-refractivity contribution < 1.29 is 24.1 Å². The van der Waals surface area contributed by atoms with Gasteiger partial charge in [-0.15, -0.1) is 0 Å². The molecule has 0 aliphatic carbocycles. The molecular weight excluding hydrogens is 332 g/mol. The van der Waals surface area contributed by atoms with Crippen molar-refractivity contribution in [3.63, 3.8) is 0 Å². The fraction of sp³-hybridized carbons (Fsp3) is 0.714. The molecule has 1 N–H and O–H groups in total. The summed E-state index contributed by atoms with van der Waals surface area (Å²) in [6, 6.07) is 10.3. The van der Waals surface area contributed by atoms with Crippen LogP contribution in [0.2, 0.25) is 0 Å². The third kappa shape index (κ3) is 15.3. The van der Waals surface area contributed by atoms with E-state index in [9.17, 15) is 0 Å². The summed E-state index contributed by atoms with van der Waals surface area (Å²) in [7, 11) is 0. The van der Waals surface area contributed by atoms with E-state index in [0.29, 0.717) is 39.6 Å². The van der Waals surface area contributed by atoms with Crippen LogP contribution in [-0.2, 0) is 25.6 Å². The molecule has 0 aromatic heterocycles. The van der Waals surface area contributed by atoms with Crippen LogP contribution in [0.15, 0.2) is 30.3 Å². The molecule has 26 heavy (non-hydrogen) atoms. The summed E-state index contributed by atoms with van der Waals surface area (Å²) in [4.78, 5) is 0. The molecule has 0 bridgehead atoms. The largest absolute Gasteiger partial charge is 0.396 e. The van der Waals surface area contributed by atoms with E-state index in [4.69, 9.17) is 24.1 Å². The van der Waals surface area contributed by atoms with Crippen molar-refractivity contribution >= 4 is 0 Å². The molecule has 0 aliphatic heterocycles. The fourth-order valence-corrected chi connectivity index (χ4v) is 2.38. The summed E-state index contributed by atoms with van der Waals surface area (Å²) < 4.78 is 22.0. The average molecular weight is 369 g/mol. The van der Waals surface area contributed by atoms with Gasteiger partial charge in [0.05, 0.1) is 33.0 Å². The lowest BCUT2D eigenvalue weighted by molar-refractivity contribution is 0.0127. The van der Waals surface area contributed by atoms with Crippen molar-refractivity contribution in [3.05, 3.63) is 35.9 Å². The van der Waals surface area contributed by atoms with E-state index in [1.165, 1.54) is 18.4 Å². The highest BCUT2D eigenvalue weighted by molar-refractivity contribution is 5.13. The molecule has 0 spiro atoms. The molecule has 5 heteroatoms. The Bertz CT molecular complexity index is 385. The first-order chi connectivity index (χ1) is 12.9. The van der Waals surface area contributed by atoms with Gasteiger partial charge in [0.25, 0.3) is 0 Å². The van der Waals surface area contributed by atoms with Gasteiger partial charge in [-0.25, -0.2) is 0 Å². The summed E-state index contributed by atoms with van der Waals surface area (Å²) in [6.07, 6.45) is 6.26. The topological polar surface area (TPSA) is 57.2 Å². The molecule has 1 aromatic carbocycles. The fourth-order valence-electron chi connectivity index (χ4n) is 2.38. The van der Waals surface area contributed by atoms with Gasteiger partial charge < -0.3 is 24.1 Å². The van der Waals surface area contributed by atoms with Crippen molar-refractivity contribution in [2.24, 2.45) is 0 Å². The van der Waals surface area contributed by atoms with Gasteiger partial charge in [0, 0.05) is 26.4 Å². The first-order valence-electron chi connectivity index (χ1n) is 9.89. The average Bonchev–Trinajstić information content (AvgIpc) is 2.68. The third-order valence-electron chi connectivity index (χ3n) is 3.88. The van der Waals surface area contributed by atoms with Crippen molar-refractivity contribution in [2.45, 2.75) is 45.1 Å². The number of aliphatic hydroxyl groups is 1. The number of aliphatic hydroxyl groups excluding tert-OH is 1. The van der Waals surface area contributed by atoms with Gasteiger partial charge in [-0.3, -0.25) is 0 Å². The number of rotatable bonds is 19. The van der Waals surface area contributed by atoms with Crippen LogP contribution < -0.4 is 0 Å². The van der Waals surface area contributed by atoms with Crippen LogP contribution in [0.5, 0.6) is 0 Å². The Hall–Kier alpha value is -0.980. The predicted octanol–water partition coefficient (Wildman–Crippen LogP) is 3.59. The number of benzene rings is 1. The van der Waals surface area contributed by atoms with E-state index in [1.807, 2.05) is 18.2 Å². The minimum Gasteiger partial charge on any atom is -0.396 e. The summed E-state index contributed by atoms with van der Waals surface area (Å²) in [6.45, 7) is 5.73. The van der Waals surface area contributed by atoms with E-state index in [0.717, 1.165) is 38.9 Å². The normalized spacial score (nSPS) is 11.1. The number of unbranched alkanes of at least 4 members (excludes halogenated alkanes) is 4. The zero-order valence-electron chi connectivity index (χ0n) is 16.1. The molecule has 0 radical (unpaired) electrons. The number of hydrogen-bond acceptors (Lipinski definition) is 5. The Balaban J connectivity index is 1.68. The quantitative estimate of drug-likeness (QED) is 0.378. The monoisotopic (exact) mass is 368 g/mol. The van der Waals surface area contributed by atoms with Crippen LogP contribution in [0.4, 0.5) is 0 Å². The molecule has 0 fully saturated rings. The predicted molar refractivity (Wildman–Crippen MR) is 103 cm³/mol. The van der Waals surface area contributed by atoms with Crippen LogP contribution in [-0.4, -0.2) is 58.0 Å². The molecule has 150 valence electrons. The van der Waals surface area contributed by atoms with Crippen molar-refractivity contribution in [1.29, 1.82) is 0 Å². The second-order valence-electron chi connectivity index (χ2n) is 6.22. The zero-order chi connectivity index (χ0) is 18.5. The number of hydrogen-bond donors (Lipinski definition) is 1. The maximum atomic E-state index is 8.63. The van der Waals surface area contributed by atoms with E-state index in [-0.39, 0.29) is 6.61 Å². The van der Waals surface area contributed by atoms with Gasteiger partial charge >= 0.3 is 0 Å². The molecule has 0 heterocycles. The molecule has 5 nitrogen and oxygen atoms in total. The summed E-state index contributed by atoms with van der Waals surface area (Å²) in [5.74, 6) is 0. The molecule has 0 aliphatic rings. The van der Waals surface area contributed by atoms with Gasteiger partial charge in [0.15, 0.2) is 0 Å². The Kier molecular flexibility index (Phi) is 16.7. The Morgan fingerprint density at radius 3 is 1.62 bits per heavy atom. The van der Waals surface area contributed by atoms with Crippen molar-refractivity contribution in [3.8, 4) is 0 Å². The molecular formula is C21H36O5. The summed E-state index contributed by atoms with van der Waals surface area (Å²) in [5, 5.41) is 8.63. The van der Waals surface area contributed by atoms with E-state index in [2.05, 4.69) is 12.1 Å². The molecule has 0 atom stereocenters. The Morgan fingerprint density at radius 1 is 0.538 bits per heavy atom. The van der Waals surface area contributed by atoms with Crippen molar-refractivity contribution in [1.82, 2.24) is 0 Å². The highest BCUT2D eigenvalue weighted by Gasteiger charge is 1.95. The second kappa shape index (κ2) is 18.8. The van der Waals surface area contributed by atoms with Crippen LogP contribution in [0.1, 0.15) is 44.1 Å². The molecule has 1 rings (SSSR count). The lowest BCUT2D eigenvalue weighted by Gasteiger charge is -2.07. The first kappa shape index (κ1) is 23.1. The third-order valence-corrected chi connectivity index (χ3v) is 3.88. The summed E-state index contributed by atoms with van der Waals surface area (Å²) in [5.41, 5.74) is 1.23. The highest BCUT2D eigenvalue weighted by atomic mass is 16.5. The van der Waals surface area contributed by atoms with Gasteiger partial charge in [-0.1, -0.05) is 43.2 Å². The highest BCUT2D eigenvalue weighted by Crippen LogP contribution is 2.04. The lowest BCUT2D eigenvalue weighted by atomic mass is 10.2. The SMILES string of the molecule is OCCCCOCCOCCOCCCCCCOCc1ccccc1. The lowest BCUT2D eigenvalue weighted by Crippen LogP contribution is -2.10. The Morgan fingerprint density at radius 2 is 1.04 bits per heavy atom. The van der Waals surface area contributed by atoms with E-state index < -0.39 is 0 Å². The first-order valence-corrected chi connectivity index (χ1v) is 9.89. The van der Waals surface area contributed by atoms with E-state index >= 15 is 0 Å². The molecule has 1 aromatic rings. The van der Waals surface area contributed by atoms with Gasteiger partial charge in [0.2, 0.25) is 0 Å². The minimum absolute atomic E-state index is 0.235. The van der Waals surface area contributed by atoms with Crippen LogP contribution in [0, 0.1) is 0 Å². The van der Waals surface area contributed by atoms with Gasteiger partial charge in [0.1, 0.15) is 0 Å². The molecule has 0 amide bonds. The minimum atomic E-state index is 0.235. The summed E-state index contributed by atoms with van der Waals surface area (Å²) >= 11 is 0. The van der Waals surface area contributed by atoms with Crippen LogP contribution >= 0.6 is 0 Å². The van der Waals surface area contributed by atoms with Gasteiger partial charge in [-0.05, 0) is 31.2 Å². The maximum absolute atomic E-state index is 8.63.